The molecule has 0 spiro atoms. The van der Waals surface area contributed by atoms with E-state index in [1.807, 2.05) is 66.1 Å². The Morgan fingerprint density at radius 1 is 1.00 bits per heavy atom. The van der Waals surface area contributed by atoms with Crippen molar-refractivity contribution in [3.05, 3.63) is 90.3 Å². The number of hydrogen-bond acceptors (Lipinski definition) is 5. The fourth-order valence-corrected chi connectivity index (χ4v) is 3.78. The molecule has 7 heteroatoms. The number of aryl methyl sites for hydroxylation is 1. The summed E-state index contributed by atoms with van der Waals surface area (Å²) in [7, 11) is 0. The van der Waals surface area contributed by atoms with Gasteiger partial charge in [-0.1, -0.05) is 60.3 Å². The van der Waals surface area contributed by atoms with Gasteiger partial charge in [0, 0.05) is 23.6 Å². The minimum absolute atomic E-state index is 0.0773. The molecule has 0 bridgehead atoms. The molecule has 4 aromatic rings. The molecular formula is C23H21N5OS. The first kappa shape index (κ1) is 19.8. The normalized spacial score (nSPS) is 10.7. The summed E-state index contributed by atoms with van der Waals surface area (Å²) in [5.41, 5.74) is 3.87. The second-order valence-corrected chi connectivity index (χ2v) is 7.71. The Balaban J connectivity index is 1.54. The van der Waals surface area contributed by atoms with Gasteiger partial charge in [0.05, 0.1) is 12.3 Å². The van der Waals surface area contributed by atoms with Gasteiger partial charge in [-0.15, -0.1) is 10.2 Å². The van der Waals surface area contributed by atoms with Gasteiger partial charge in [0.15, 0.2) is 11.0 Å². The highest BCUT2D eigenvalue weighted by molar-refractivity contribution is 7.99. The number of carbonyl (C=O) groups is 1. The monoisotopic (exact) mass is 415 g/mol. The molecule has 1 N–H and O–H groups in total. The zero-order valence-corrected chi connectivity index (χ0v) is 17.3. The zero-order valence-electron chi connectivity index (χ0n) is 16.5. The second kappa shape index (κ2) is 9.37. The van der Waals surface area contributed by atoms with Crippen LogP contribution in [0.4, 0.5) is 5.69 Å². The lowest BCUT2D eigenvalue weighted by molar-refractivity contribution is -0.113. The van der Waals surface area contributed by atoms with Crippen molar-refractivity contribution in [1.82, 2.24) is 19.7 Å². The number of carbonyl (C=O) groups excluding carboxylic acids is 1. The average molecular weight is 416 g/mol. The Morgan fingerprint density at radius 2 is 1.80 bits per heavy atom. The van der Waals surface area contributed by atoms with Crippen molar-refractivity contribution in [2.24, 2.45) is 0 Å². The first-order chi connectivity index (χ1) is 14.7. The first-order valence-electron chi connectivity index (χ1n) is 9.56. The number of rotatable bonds is 7. The summed E-state index contributed by atoms with van der Waals surface area (Å²) in [5, 5.41) is 12.4. The molecular weight excluding hydrogens is 394 g/mol. The van der Waals surface area contributed by atoms with Gasteiger partial charge in [-0.2, -0.15) is 0 Å². The number of pyridine rings is 1. The van der Waals surface area contributed by atoms with Crippen LogP contribution in [0.25, 0.3) is 11.4 Å². The Bertz CT molecular complexity index is 1130. The topological polar surface area (TPSA) is 72.7 Å². The maximum atomic E-state index is 12.5. The standard InChI is InChI=1S/C23H21N5OS/c1-17-8-5-6-12-20(17)25-21(29)16-30-23-27-26-22(19-11-7-13-24-14-19)28(23)15-18-9-3-2-4-10-18/h2-14H,15-16H2,1H3,(H,25,29). The number of anilines is 1. The molecule has 0 radical (unpaired) electrons. The number of hydrogen-bond donors (Lipinski definition) is 1. The van der Waals surface area contributed by atoms with E-state index < -0.39 is 0 Å². The van der Waals surface area contributed by atoms with Gasteiger partial charge in [-0.25, -0.2) is 0 Å². The third kappa shape index (κ3) is 4.75. The van der Waals surface area contributed by atoms with Crippen LogP contribution in [0, 0.1) is 6.92 Å². The summed E-state index contributed by atoms with van der Waals surface area (Å²) < 4.78 is 2.03. The van der Waals surface area contributed by atoms with Crippen LogP contribution in [0.3, 0.4) is 0 Å². The van der Waals surface area contributed by atoms with Gasteiger partial charge in [0.25, 0.3) is 0 Å². The van der Waals surface area contributed by atoms with Crippen molar-refractivity contribution < 1.29 is 4.79 Å². The van der Waals surface area contributed by atoms with E-state index in [2.05, 4.69) is 32.6 Å². The van der Waals surface area contributed by atoms with E-state index in [0.717, 1.165) is 28.2 Å². The average Bonchev–Trinajstić information content (AvgIpc) is 3.17. The predicted molar refractivity (Wildman–Crippen MR) is 119 cm³/mol. The van der Waals surface area contributed by atoms with E-state index in [4.69, 9.17) is 0 Å². The number of thioether (sulfide) groups is 1. The molecule has 0 aliphatic heterocycles. The molecule has 6 nitrogen and oxygen atoms in total. The van der Waals surface area contributed by atoms with Crippen LogP contribution in [0.1, 0.15) is 11.1 Å². The zero-order chi connectivity index (χ0) is 20.8. The number of aromatic nitrogens is 4. The van der Waals surface area contributed by atoms with Crippen LogP contribution < -0.4 is 5.32 Å². The molecule has 0 fully saturated rings. The molecule has 150 valence electrons. The van der Waals surface area contributed by atoms with Crippen LogP contribution in [0.5, 0.6) is 0 Å². The van der Waals surface area contributed by atoms with Crippen LogP contribution in [0.15, 0.2) is 84.3 Å². The quantitative estimate of drug-likeness (QED) is 0.452. The maximum absolute atomic E-state index is 12.5. The third-order valence-electron chi connectivity index (χ3n) is 4.57. The number of nitrogens with zero attached hydrogens (tertiary/aromatic N) is 4. The van der Waals surface area contributed by atoms with Crippen molar-refractivity contribution in [1.29, 1.82) is 0 Å². The van der Waals surface area contributed by atoms with E-state index in [1.165, 1.54) is 11.8 Å². The molecule has 2 aromatic carbocycles. The lowest BCUT2D eigenvalue weighted by Crippen LogP contribution is -2.15. The maximum Gasteiger partial charge on any atom is 0.234 e. The van der Waals surface area contributed by atoms with Crippen molar-refractivity contribution >= 4 is 23.4 Å². The highest BCUT2D eigenvalue weighted by atomic mass is 32.2. The lowest BCUT2D eigenvalue weighted by atomic mass is 10.2. The van der Waals surface area contributed by atoms with E-state index in [1.54, 1.807) is 12.4 Å². The van der Waals surface area contributed by atoms with E-state index in [-0.39, 0.29) is 11.7 Å². The molecule has 0 saturated carbocycles. The molecule has 30 heavy (non-hydrogen) atoms. The largest absolute Gasteiger partial charge is 0.325 e. The second-order valence-electron chi connectivity index (χ2n) is 6.77. The predicted octanol–water partition coefficient (Wildman–Crippen LogP) is 4.43. The van der Waals surface area contributed by atoms with Crippen molar-refractivity contribution in [2.75, 3.05) is 11.1 Å². The van der Waals surface area contributed by atoms with Crippen LogP contribution in [-0.2, 0) is 11.3 Å². The van der Waals surface area contributed by atoms with Gasteiger partial charge < -0.3 is 5.32 Å². The summed E-state index contributed by atoms with van der Waals surface area (Å²) in [6, 6.07) is 21.7. The summed E-state index contributed by atoms with van der Waals surface area (Å²) in [4.78, 5) is 16.7. The number of para-hydroxylation sites is 1. The Hall–Kier alpha value is -3.45. The highest BCUT2D eigenvalue weighted by Crippen LogP contribution is 2.25. The summed E-state index contributed by atoms with van der Waals surface area (Å²) in [6.07, 6.45) is 3.50. The molecule has 4 rings (SSSR count). The number of amides is 1. The SMILES string of the molecule is Cc1ccccc1NC(=O)CSc1nnc(-c2cccnc2)n1Cc1ccccc1. The summed E-state index contributed by atoms with van der Waals surface area (Å²) in [5.74, 6) is 0.897. The third-order valence-corrected chi connectivity index (χ3v) is 5.54. The molecule has 0 aliphatic rings. The molecule has 0 saturated heterocycles. The van der Waals surface area contributed by atoms with Crippen molar-refractivity contribution in [3.8, 4) is 11.4 Å². The summed E-state index contributed by atoms with van der Waals surface area (Å²) >= 11 is 1.37. The van der Waals surface area contributed by atoms with Crippen molar-refractivity contribution in [2.45, 2.75) is 18.6 Å². The van der Waals surface area contributed by atoms with Crippen LogP contribution in [-0.4, -0.2) is 31.4 Å². The molecule has 0 atom stereocenters. The number of nitrogens with one attached hydrogen (secondary N) is 1. The summed E-state index contributed by atoms with van der Waals surface area (Å²) in [6.45, 7) is 2.58. The molecule has 1 amide bonds. The Labute approximate surface area is 179 Å². The van der Waals surface area contributed by atoms with E-state index in [0.29, 0.717) is 11.7 Å². The van der Waals surface area contributed by atoms with E-state index in [9.17, 15) is 4.79 Å². The Kier molecular flexibility index (Phi) is 6.20. The lowest BCUT2D eigenvalue weighted by Gasteiger charge is -2.11. The molecule has 0 aliphatic carbocycles. The van der Waals surface area contributed by atoms with Crippen LogP contribution in [0.2, 0.25) is 0 Å². The highest BCUT2D eigenvalue weighted by Gasteiger charge is 2.16. The van der Waals surface area contributed by atoms with Crippen molar-refractivity contribution in [3.63, 3.8) is 0 Å². The number of benzene rings is 2. The van der Waals surface area contributed by atoms with Crippen LogP contribution >= 0.6 is 11.8 Å². The smallest absolute Gasteiger partial charge is 0.234 e. The fraction of sp³-hybridized carbons (Fsp3) is 0.130. The van der Waals surface area contributed by atoms with Gasteiger partial charge in [-0.3, -0.25) is 14.3 Å². The first-order valence-corrected chi connectivity index (χ1v) is 10.5. The van der Waals surface area contributed by atoms with Gasteiger partial charge in [0.2, 0.25) is 5.91 Å². The minimum atomic E-state index is -0.0773. The molecule has 2 aromatic heterocycles. The van der Waals surface area contributed by atoms with Gasteiger partial charge >= 0.3 is 0 Å². The fourth-order valence-electron chi connectivity index (χ4n) is 3.04. The minimum Gasteiger partial charge on any atom is -0.325 e. The molecule has 0 unspecified atom stereocenters. The van der Waals surface area contributed by atoms with Gasteiger partial charge in [-0.05, 0) is 36.2 Å². The van der Waals surface area contributed by atoms with Gasteiger partial charge in [0.1, 0.15) is 0 Å². The molecule has 2 heterocycles. The van der Waals surface area contributed by atoms with E-state index >= 15 is 0 Å². The Morgan fingerprint density at radius 3 is 2.57 bits per heavy atom.